The van der Waals surface area contributed by atoms with Gasteiger partial charge in [0.05, 0.1) is 0 Å². The van der Waals surface area contributed by atoms with E-state index in [2.05, 4.69) is 9.47 Å². The summed E-state index contributed by atoms with van der Waals surface area (Å²) in [5.74, 6) is 0.352. The lowest BCUT2D eigenvalue weighted by molar-refractivity contribution is -0.165. The zero-order chi connectivity index (χ0) is 12.0. The van der Waals surface area contributed by atoms with Crippen LogP contribution in [0.3, 0.4) is 0 Å². The third kappa shape index (κ3) is 3.79. The van der Waals surface area contributed by atoms with Crippen molar-refractivity contribution in [3.05, 3.63) is 0 Å². The number of hydrogen-bond acceptors (Lipinski definition) is 7. The number of rotatable bonds is 5. The summed E-state index contributed by atoms with van der Waals surface area (Å²) in [6.45, 7) is 2.04. The van der Waals surface area contributed by atoms with Crippen molar-refractivity contribution < 1.29 is 23.8 Å². The van der Waals surface area contributed by atoms with Gasteiger partial charge >= 0.3 is 12.1 Å². The highest BCUT2D eigenvalue weighted by Crippen LogP contribution is 2.24. The lowest BCUT2D eigenvalue weighted by Crippen LogP contribution is -2.44. The number of ether oxygens (including phenoxy) is 3. The smallest absolute Gasteiger partial charge is 0.464 e. The van der Waals surface area contributed by atoms with E-state index in [1.165, 1.54) is 0 Å². The average Bonchev–Trinajstić information content (AvgIpc) is 2.28. The zero-order valence-corrected chi connectivity index (χ0v) is 10.8. The maximum Gasteiger partial charge on any atom is 0.508 e. The van der Waals surface area contributed by atoms with Crippen LogP contribution in [0.1, 0.15) is 6.92 Å². The van der Waals surface area contributed by atoms with Crippen molar-refractivity contribution in [1.29, 1.82) is 0 Å². The Morgan fingerprint density at radius 3 is 2.69 bits per heavy atom. The van der Waals surface area contributed by atoms with Crippen molar-refractivity contribution in [3.63, 3.8) is 0 Å². The number of cyclic esters (lactones) is 2. The minimum atomic E-state index is -0.877. The molecule has 0 N–H and O–H groups in total. The van der Waals surface area contributed by atoms with E-state index in [-0.39, 0.29) is 19.2 Å². The summed E-state index contributed by atoms with van der Waals surface area (Å²) in [7, 11) is 3.24. The molecular weight excluding hydrogens is 252 g/mol. The first-order valence-corrected chi connectivity index (χ1v) is 7.43. The Morgan fingerprint density at radius 2 is 2.12 bits per heavy atom. The normalized spacial score (nSPS) is 18.5. The van der Waals surface area contributed by atoms with Gasteiger partial charge in [-0.05, 0) is 13.2 Å². The number of hydrogen-bond donors (Lipinski definition) is 0. The Bertz CT molecular complexity index is 259. The molecule has 1 aliphatic heterocycles. The van der Waals surface area contributed by atoms with Crippen LogP contribution in [0.5, 0.6) is 0 Å². The third-order valence-corrected chi connectivity index (χ3v) is 3.80. The van der Waals surface area contributed by atoms with Gasteiger partial charge in [-0.3, -0.25) is 4.79 Å². The van der Waals surface area contributed by atoms with E-state index < -0.39 is 11.6 Å². The molecule has 0 bridgehead atoms. The molecule has 7 heteroatoms. The fourth-order valence-corrected chi connectivity index (χ4v) is 2.09. The van der Waals surface area contributed by atoms with Gasteiger partial charge in [-0.2, -0.15) is 0 Å². The SMILES string of the molecule is CSSCCOC(=O)C1(C)COC(=O)OC1. The van der Waals surface area contributed by atoms with E-state index in [4.69, 9.17) is 4.74 Å². The van der Waals surface area contributed by atoms with Crippen molar-refractivity contribution in [1.82, 2.24) is 0 Å². The lowest BCUT2D eigenvalue weighted by atomic mass is 9.93. The summed E-state index contributed by atoms with van der Waals surface area (Å²) in [6, 6.07) is 0. The van der Waals surface area contributed by atoms with Gasteiger partial charge in [0.2, 0.25) is 0 Å². The van der Waals surface area contributed by atoms with Gasteiger partial charge in [0.1, 0.15) is 25.2 Å². The first-order chi connectivity index (χ1) is 7.58. The van der Waals surface area contributed by atoms with Gasteiger partial charge < -0.3 is 14.2 Å². The van der Waals surface area contributed by atoms with Crippen LogP contribution in [0.2, 0.25) is 0 Å². The van der Waals surface area contributed by atoms with Crippen LogP contribution in [0.15, 0.2) is 0 Å². The van der Waals surface area contributed by atoms with Crippen LogP contribution in [-0.2, 0) is 19.0 Å². The molecule has 0 radical (unpaired) electrons. The summed E-state index contributed by atoms with van der Waals surface area (Å²) in [6.07, 6.45) is 1.23. The van der Waals surface area contributed by atoms with Crippen LogP contribution >= 0.6 is 21.6 Å². The molecule has 1 rings (SSSR count). The average molecular weight is 266 g/mol. The van der Waals surface area contributed by atoms with Crippen LogP contribution in [0.4, 0.5) is 4.79 Å². The fourth-order valence-electron chi connectivity index (χ4n) is 1.06. The van der Waals surface area contributed by atoms with Crippen molar-refractivity contribution in [2.45, 2.75) is 6.92 Å². The Kier molecular flexibility index (Phi) is 5.27. The molecule has 0 atom stereocenters. The largest absolute Gasteiger partial charge is 0.508 e. The fraction of sp³-hybridized carbons (Fsp3) is 0.778. The highest BCUT2D eigenvalue weighted by atomic mass is 33.1. The Morgan fingerprint density at radius 1 is 1.50 bits per heavy atom. The molecule has 0 aromatic carbocycles. The third-order valence-electron chi connectivity index (χ3n) is 2.03. The van der Waals surface area contributed by atoms with E-state index in [1.807, 2.05) is 6.26 Å². The molecule has 1 heterocycles. The van der Waals surface area contributed by atoms with Crippen molar-refractivity contribution in [2.75, 3.05) is 31.8 Å². The highest BCUT2D eigenvalue weighted by molar-refractivity contribution is 8.76. The molecule has 1 fully saturated rings. The van der Waals surface area contributed by atoms with E-state index in [0.717, 1.165) is 5.75 Å². The Hall–Kier alpha value is -0.560. The summed E-state index contributed by atoms with van der Waals surface area (Å²) in [4.78, 5) is 22.4. The second-order valence-electron chi connectivity index (χ2n) is 3.51. The number of esters is 1. The highest BCUT2D eigenvalue weighted by Gasteiger charge is 2.41. The second kappa shape index (κ2) is 6.24. The molecule has 1 saturated heterocycles. The van der Waals surface area contributed by atoms with Gasteiger partial charge in [0, 0.05) is 5.75 Å². The molecule has 0 saturated carbocycles. The predicted molar refractivity (Wildman–Crippen MR) is 62.3 cm³/mol. The van der Waals surface area contributed by atoms with Crippen molar-refractivity contribution >= 4 is 33.7 Å². The zero-order valence-electron chi connectivity index (χ0n) is 9.19. The van der Waals surface area contributed by atoms with Crippen LogP contribution in [0.25, 0.3) is 0 Å². The molecule has 0 amide bonds. The quantitative estimate of drug-likeness (QED) is 0.426. The van der Waals surface area contributed by atoms with E-state index >= 15 is 0 Å². The molecule has 0 unspecified atom stereocenters. The molecule has 92 valence electrons. The standard InChI is InChI=1S/C9H14O5S2/c1-9(5-13-8(11)14-6-9)7(10)12-3-4-16-15-2/h3-6H2,1-2H3. The topological polar surface area (TPSA) is 61.8 Å². The molecule has 0 aromatic heterocycles. The minimum absolute atomic E-state index is 0.0142. The predicted octanol–water partition coefficient (Wildman–Crippen LogP) is 1.71. The molecule has 0 aliphatic carbocycles. The lowest BCUT2D eigenvalue weighted by Gasteiger charge is -2.29. The first-order valence-electron chi connectivity index (χ1n) is 4.71. The summed E-state index contributed by atoms with van der Waals surface area (Å²) in [5.41, 5.74) is -0.877. The molecule has 1 aliphatic rings. The van der Waals surface area contributed by atoms with Gasteiger partial charge in [-0.1, -0.05) is 21.6 Å². The molecule has 16 heavy (non-hydrogen) atoms. The second-order valence-corrected chi connectivity index (χ2v) is 6.20. The molecule has 5 nitrogen and oxygen atoms in total. The van der Waals surface area contributed by atoms with E-state index in [0.29, 0.717) is 6.61 Å². The monoisotopic (exact) mass is 266 g/mol. The van der Waals surface area contributed by atoms with Crippen LogP contribution in [0, 0.1) is 5.41 Å². The van der Waals surface area contributed by atoms with E-state index in [9.17, 15) is 9.59 Å². The van der Waals surface area contributed by atoms with Crippen LogP contribution < -0.4 is 0 Å². The first kappa shape index (κ1) is 13.5. The van der Waals surface area contributed by atoms with Crippen LogP contribution in [-0.4, -0.2) is 44.0 Å². The minimum Gasteiger partial charge on any atom is -0.464 e. The van der Waals surface area contributed by atoms with Gasteiger partial charge in [0.15, 0.2) is 0 Å². The van der Waals surface area contributed by atoms with Crippen molar-refractivity contribution in [3.8, 4) is 0 Å². The maximum atomic E-state index is 11.7. The summed E-state index contributed by atoms with van der Waals surface area (Å²) in [5, 5.41) is 0. The van der Waals surface area contributed by atoms with E-state index in [1.54, 1.807) is 28.5 Å². The summed E-state index contributed by atoms with van der Waals surface area (Å²) >= 11 is 0. The molecule has 0 spiro atoms. The number of carbonyl (C=O) groups excluding carboxylic acids is 2. The Balaban J connectivity index is 2.32. The Labute approximate surface area is 102 Å². The molecular formula is C9H14O5S2. The van der Waals surface area contributed by atoms with Gasteiger partial charge in [-0.25, -0.2) is 4.79 Å². The number of carbonyl (C=O) groups is 2. The van der Waals surface area contributed by atoms with Gasteiger partial charge in [-0.15, -0.1) is 0 Å². The van der Waals surface area contributed by atoms with Gasteiger partial charge in [0.25, 0.3) is 0 Å². The van der Waals surface area contributed by atoms with Crippen molar-refractivity contribution in [2.24, 2.45) is 5.41 Å². The summed E-state index contributed by atoms with van der Waals surface area (Å²) < 4.78 is 14.4. The maximum absolute atomic E-state index is 11.7. The molecule has 0 aromatic rings.